The van der Waals surface area contributed by atoms with Gasteiger partial charge in [0.1, 0.15) is 0 Å². The average Bonchev–Trinajstić information content (AvgIpc) is 2.11. The predicted molar refractivity (Wildman–Crippen MR) is 66.7 cm³/mol. The molecule has 1 atom stereocenters. The molecule has 0 saturated heterocycles. The van der Waals surface area contributed by atoms with Gasteiger partial charge >= 0.3 is 0 Å². The maximum atomic E-state index is 5.95. The van der Waals surface area contributed by atoms with Crippen LogP contribution in [-0.2, 0) is 0 Å². The van der Waals surface area contributed by atoms with Gasteiger partial charge in [0, 0.05) is 10.9 Å². The van der Waals surface area contributed by atoms with E-state index < -0.39 is 0 Å². The van der Waals surface area contributed by atoms with Crippen molar-refractivity contribution in [3.8, 4) is 0 Å². The lowest BCUT2D eigenvalue weighted by Gasteiger charge is -2.20. The Labute approximate surface area is 92.5 Å². The topological polar surface area (TPSA) is 52.0 Å². The van der Waals surface area contributed by atoms with Crippen LogP contribution >= 0.6 is 11.8 Å². The quantitative estimate of drug-likeness (QED) is 0.743. The molecule has 4 N–H and O–H groups in total. The van der Waals surface area contributed by atoms with E-state index in [0.29, 0.717) is 17.1 Å². The van der Waals surface area contributed by atoms with Gasteiger partial charge in [0.25, 0.3) is 0 Å². The van der Waals surface area contributed by atoms with Crippen LogP contribution in [0.25, 0.3) is 0 Å². The van der Waals surface area contributed by atoms with E-state index in [1.807, 2.05) is 0 Å². The lowest BCUT2D eigenvalue weighted by molar-refractivity contribution is 0.594. The van der Waals surface area contributed by atoms with Gasteiger partial charge in [-0.15, -0.1) is 11.8 Å². The molecule has 0 aliphatic carbocycles. The Morgan fingerprint density at radius 1 is 1.14 bits per heavy atom. The van der Waals surface area contributed by atoms with E-state index in [1.54, 1.807) is 11.8 Å². The number of allylic oxidation sites excluding steroid dienone is 1. The highest BCUT2D eigenvalue weighted by atomic mass is 32.2. The van der Waals surface area contributed by atoms with E-state index in [-0.39, 0.29) is 0 Å². The molecule has 84 valence electrons. The minimum Gasteiger partial charge on any atom is -0.400 e. The predicted octanol–water partition coefficient (Wildman–Crippen LogP) is 2.90. The van der Waals surface area contributed by atoms with Gasteiger partial charge in [-0.1, -0.05) is 34.6 Å². The van der Waals surface area contributed by atoms with Gasteiger partial charge in [0.2, 0.25) is 0 Å². The summed E-state index contributed by atoms with van der Waals surface area (Å²) in [6.45, 7) is 10.8. The fourth-order valence-electron chi connectivity index (χ4n) is 1.21. The van der Waals surface area contributed by atoms with Gasteiger partial charge in [0.15, 0.2) is 0 Å². The fourth-order valence-corrected chi connectivity index (χ4v) is 2.34. The van der Waals surface area contributed by atoms with Gasteiger partial charge in [-0.25, -0.2) is 0 Å². The molecule has 2 nitrogen and oxygen atoms in total. The number of rotatable bonds is 5. The monoisotopic (exact) mass is 216 g/mol. The highest BCUT2D eigenvalue weighted by Crippen LogP contribution is 2.28. The van der Waals surface area contributed by atoms with E-state index >= 15 is 0 Å². The molecule has 0 aromatic heterocycles. The minimum atomic E-state index is 0.340. The Kier molecular flexibility index (Phi) is 6.09. The first-order valence-electron chi connectivity index (χ1n) is 5.31. The summed E-state index contributed by atoms with van der Waals surface area (Å²) in [5.41, 5.74) is 12.7. The maximum Gasteiger partial charge on any atom is 0.0851 e. The second kappa shape index (κ2) is 6.23. The van der Waals surface area contributed by atoms with Crippen LogP contribution in [0.4, 0.5) is 0 Å². The van der Waals surface area contributed by atoms with Gasteiger partial charge in [-0.05, 0) is 18.3 Å². The Bertz CT molecular complexity index is 197. The van der Waals surface area contributed by atoms with Crippen molar-refractivity contribution in [2.75, 3.05) is 0 Å². The molecule has 0 spiro atoms. The molecule has 0 aromatic carbocycles. The van der Waals surface area contributed by atoms with Crippen molar-refractivity contribution in [3.63, 3.8) is 0 Å². The van der Waals surface area contributed by atoms with Crippen LogP contribution in [0.2, 0.25) is 0 Å². The first-order chi connectivity index (χ1) is 6.40. The molecule has 3 heteroatoms. The minimum absolute atomic E-state index is 0.340. The molecule has 0 bridgehead atoms. The zero-order valence-corrected chi connectivity index (χ0v) is 10.8. The van der Waals surface area contributed by atoms with Crippen LogP contribution in [0, 0.1) is 11.8 Å². The molecule has 0 aliphatic rings. The summed E-state index contributed by atoms with van der Waals surface area (Å²) in [7, 11) is 0. The normalized spacial score (nSPS) is 15.9. The molecule has 0 radical (unpaired) electrons. The fraction of sp³-hybridized carbons (Fsp3) is 0.818. The summed E-state index contributed by atoms with van der Waals surface area (Å²) in [4.78, 5) is 0. The first kappa shape index (κ1) is 13.7. The molecule has 0 fully saturated rings. The lowest BCUT2D eigenvalue weighted by Crippen LogP contribution is -2.17. The second-order valence-corrected chi connectivity index (χ2v) is 5.56. The molecule has 0 aliphatic heterocycles. The molecule has 0 heterocycles. The summed E-state index contributed by atoms with van der Waals surface area (Å²) in [6.07, 6.45) is 1.13. The summed E-state index contributed by atoms with van der Waals surface area (Å²) >= 11 is 1.72. The van der Waals surface area contributed by atoms with Crippen LogP contribution < -0.4 is 11.5 Å². The van der Waals surface area contributed by atoms with E-state index in [4.69, 9.17) is 11.5 Å². The molecule has 14 heavy (non-hydrogen) atoms. The van der Waals surface area contributed by atoms with E-state index in [0.717, 1.165) is 17.1 Å². The third-order valence-corrected chi connectivity index (χ3v) is 4.00. The number of hydrogen-bond acceptors (Lipinski definition) is 3. The first-order valence-corrected chi connectivity index (χ1v) is 6.19. The molecule has 1 unspecified atom stereocenters. The summed E-state index contributed by atoms with van der Waals surface area (Å²) in [5.74, 6) is 0.982. The van der Waals surface area contributed by atoms with Gasteiger partial charge in [0.05, 0.1) is 5.03 Å². The zero-order valence-electron chi connectivity index (χ0n) is 10.0. The average molecular weight is 216 g/mol. The highest BCUT2D eigenvalue weighted by Gasteiger charge is 2.15. The standard InChI is InChI=1S/C11H24N2S/c1-6-9(7(2)3)14-11(13)10(12)8(4)5/h7-9H,6,12-13H2,1-5H3/b11-10-. The summed E-state index contributed by atoms with van der Waals surface area (Å²) in [6, 6.07) is 0. The third kappa shape index (κ3) is 4.27. The van der Waals surface area contributed by atoms with E-state index in [9.17, 15) is 0 Å². The third-order valence-electron chi connectivity index (χ3n) is 2.33. The van der Waals surface area contributed by atoms with Gasteiger partial charge < -0.3 is 11.5 Å². The van der Waals surface area contributed by atoms with Crippen LogP contribution in [0.1, 0.15) is 41.0 Å². The molecule has 0 rings (SSSR count). The van der Waals surface area contributed by atoms with Crippen LogP contribution in [-0.4, -0.2) is 5.25 Å². The molecule has 0 saturated carbocycles. The molecular weight excluding hydrogens is 192 g/mol. The lowest BCUT2D eigenvalue weighted by atomic mass is 10.1. The number of thioether (sulfide) groups is 1. The second-order valence-electron chi connectivity index (χ2n) is 4.28. The Hall–Kier alpha value is -0.310. The smallest absolute Gasteiger partial charge is 0.0851 e. The summed E-state index contributed by atoms with van der Waals surface area (Å²) < 4.78 is 0. The summed E-state index contributed by atoms with van der Waals surface area (Å²) in [5, 5.41) is 1.38. The Morgan fingerprint density at radius 3 is 1.93 bits per heavy atom. The van der Waals surface area contributed by atoms with E-state index in [1.165, 1.54) is 0 Å². The number of hydrogen-bond donors (Lipinski definition) is 2. The van der Waals surface area contributed by atoms with Crippen molar-refractivity contribution in [1.82, 2.24) is 0 Å². The molecular formula is C11H24N2S. The van der Waals surface area contributed by atoms with Crippen molar-refractivity contribution in [3.05, 3.63) is 10.7 Å². The van der Waals surface area contributed by atoms with Gasteiger partial charge in [-0.2, -0.15) is 0 Å². The zero-order chi connectivity index (χ0) is 11.3. The van der Waals surface area contributed by atoms with Crippen molar-refractivity contribution < 1.29 is 0 Å². The largest absolute Gasteiger partial charge is 0.400 e. The van der Waals surface area contributed by atoms with Crippen LogP contribution in [0.5, 0.6) is 0 Å². The Morgan fingerprint density at radius 2 is 1.64 bits per heavy atom. The number of nitrogens with two attached hydrogens (primary N) is 2. The highest BCUT2D eigenvalue weighted by molar-refractivity contribution is 8.03. The molecule has 0 aromatic rings. The van der Waals surface area contributed by atoms with Crippen LogP contribution in [0.15, 0.2) is 10.7 Å². The van der Waals surface area contributed by atoms with Crippen molar-refractivity contribution in [2.24, 2.45) is 23.3 Å². The molecule has 0 amide bonds. The Balaban J connectivity index is 4.42. The van der Waals surface area contributed by atoms with Crippen molar-refractivity contribution in [2.45, 2.75) is 46.3 Å². The SMILES string of the molecule is CCC(S/C(N)=C(\N)C(C)C)C(C)C. The van der Waals surface area contributed by atoms with Crippen molar-refractivity contribution in [1.29, 1.82) is 0 Å². The maximum absolute atomic E-state index is 5.95. The van der Waals surface area contributed by atoms with E-state index in [2.05, 4.69) is 34.6 Å². The van der Waals surface area contributed by atoms with Gasteiger partial charge in [-0.3, -0.25) is 0 Å². The van der Waals surface area contributed by atoms with Crippen molar-refractivity contribution >= 4 is 11.8 Å². The van der Waals surface area contributed by atoms with Crippen LogP contribution in [0.3, 0.4) is 0 Å².